The van der Waals surface area contributed by atoms with Gasteiger partial charge < -0.3 is 15.1 Å². The van der Waals surface area contributed by atoms with Crippen molar-refractivity contribution in [3.8, 4) is 0 Å². The van der Waals surface area contributed by atoms with Crippen LogP contribution >= 0.6 is 11.8 Å². The number of para-hydroxylation sites is 1. The first-order valence-corrected chi connectivity index (χ1v) is 22.1. The number of carbonyl (C=O) groups excluding carboxylic acids is 3. The number of halogens is 4. The Morgan fingerprint density at radius 3 is 2.53 bits per heavy atom. The number of imidazole rings is 1. The number of fused-ring (bicyclic) bond motifs is 2. The standard InChI is InChI=1S/C41H48F4N12O4S/c1-51(31-12-14-54(23-41(31,44)45)28-4-3-5-29-35(28)52(2)40(61)57(29)30-10-11-33(58)49-39(30)60)21-24-6-8-25(9-7-24)56-22-27(34(50-56)36(42)43)47-38(59)26-20-46-55-15-13-32(48-37(26)55)53-16-18-62-19-17-53/h3-5,13,15,20,22,24-25,30-31,36H,6-12,14,16-19,21,23H2,1-2H3,(H,47,59)(H,49,58,60). The maximum Gasteiger partial charge on any atom is 0.329 e. The smallest absolute Gasteiger partial charge is 0.329 e. The van der Waals surface area contributed by atoms with Crippen molar-refractivity contribution in [1.29, 1.82) is 0 Å². The maximum absolute atomic E-state index is 16.2. The molecule has 0 radical (unpaired) electrons. The van der Waals surface area contributed by atoms with Gasteiger partial charge in [0.2, 0.25) is 11.8 Å². The molecule has 2 unspecified atom stereocenters. The third-order valence-corrected chi connectivity index (χ3v) is 13.9. The van der Waals surface area contributed by atoms with Gasteiger partial charge in [0.05, 0.1) is 47.2 Å². The van der Waals surface area contributed by atoms with E-state index in [4.69, 9.17) is 0 Å². The van der Waals surface area contributed by atoms with Crippen LogP contribution in [0.5, 0.6) is 0 Å². The Morgan fingerprint density at radius 1 is 1.03 bits per heavy atom. The number of amides is 3. The number of aryl methyl sites for hydroxylation is 1. The lowest BCUT2D eigenvalue weighted by molar-refractivity contribution is -0.135. The number of piperidine rings is 2. The van der Waals surface area contributed by atoms with Gasteiger partial charge in [0.15, 0.2) is 11.3 Å². The lowest BCUT2D eigenvalue weighted by Crippen LogP contribution is -2.58. The average Bonchev–Trinajstić information content (AvgIpc) is 3.95. The van der Waals surface area contributed by atoms with Crippen molar-refractivity contribution in [1.82, 2.24) is 43.7 Å². The van der Waals surface area contributed by atoms with Crippen LogP contribution in [0.2, 0.25) is 0 Å². The monoisotopic (exact) mass is 880 g/mol. The van der Waals surface area contributed by atoms with E-state index in [1.807, 2.05) is 17.8 Å². The molecular weight excluding hydrogens is 833 g/mol. The van der Waals surface area contributed by atoms with E-state index in [0.29, 0.717) is 61.1 Å². The van der Waals surface area contributed by atoms with E-state index >= 15 is 8.78 Å². The Bertz CT molecular complexity index is 2580. The van der Waals surface area contributed by atoms with Gasteiger partial charge in [0.25, 0.3) is 18.3 Å². The van der Waals surface area contributed by atoms with Crippen molar-refractivity contribution in [3.63, 3.8) is 0 Å². The highest BCUT2D eigenvalue weighted by Crippen LogP contribution is 2.39. The molecule has 2 N–H and O–H groups in total. The van der Waals surface area contributed by atoms with Gasteiger partial charge in [-0.15, -0.1) is 0 Å². The highest BCUT2D eigenvalue weighted by atomic mass is 32.2. The van der Waals surface area contributed by atoms with Crippen LogP contribution in [0.15, 0.2) is 47.7 Å². The van der Waals surface area contributed by atoms with E-state index in [2.05, 4.69) is 30.7 Å². The Hall–Kier alpha value is -5.44. The van der Waals surface area contributed by atoms with E-state index in [0.717, 1.165) is 30.4 Å². The average molecular weight is 881 g/mol. The van der Waals surface area contributed by atoms with Crippen LogP contribution in [0, 0.1) is 5.92 Å². The molecule has 2 atom stereocenters. The second-order valence-corrected chi connectivity index (χ2v) is 18.0. The van der Waals surface area contributed by atoms with Crippen LogP contribution in [0.3, 0.4) is 0 Å². The third-order valence-electron chi connectivity index (χ3n) is 12.9. The number of anilines is 3. The number of imide groups is 1. The number of nitrogens with one attached hydrogen (secondary N) is 2. The minimum atomic E-state index is -3.10. The quantitative estimate of drug-likeness (QED) is 0.146. The zero-order valence-corrected chi connectivity index (χ0v) is 35.2. The van der Waals surface area contributed by atoms with Gasteiger partial charge >= 0.3 is 5.69 Å². The summed E-state index contributed by atoms with van der Waals surface area (Å²) in [4.78, 5) is 61.6. The number of hydrogen-bond acceptors (Lipinski definition) is 11. The van der Waals surface area contributed by atoms with Crippen molar-refractivity contribution in [2.24, 2.45) is 13.0 Å². The van der Waals surface area contributed by atoms with Crippen LogP contribution in [-0.2, 0) is 16.6 Å². The molecule has 330 valence electrons. The molecule has 4 aliphatic rings. The topological polar surface area (TPSA) is 160 Å². The van der Waals surface area contributed by atoms with Gasteiger partial charge in [-0.3, -0.25) is 38.4 Å². The molecule has 4 fully saturated rings. The van der Waals surface area contributed by atoms with Crippen molar-refractivity contribution in [2.45, 2.75) is 75.4 Å². The summed E-state index contributed by atoms with van der Waals surface area (Å²) in [5.74, 6) is -1.94. The molecule has 21 heteroatoms. The van der Waals surface area contributed by atoms with Crippen LogP contribution in [0.25, 0.3) is 16.7 Å². The van der Waals surface area contributed by atoms with Gasteiger partial charge in [-0.05, 0) is 69.7 Å². The predicted octanol–water partition coefficient (Wildman–Crippen LogP) is 4.88. The lowest BCUT2D eigenvalue weighted by atomic mass is 9.85. The summed E-state index contributed by atoms with van der Waals surface area (Å²) < 4.78 is 66.6. The summed E-state index contributed by atoms with van der Waals surface area (Å²) in [6.07, 6.45) is 4.58. The normalized spacial score (nSPS) is 23.5. The van der Waals surface area contributed by atoms with Gasteiger partial charge in [-0.1, -0.05) is 6.07 Å². The molecule has 9 rings (SSSR count). The first-order chi connectivity index (χ1) is 29.8. The van der Waals surface area contributed by atoms with Crippen LogP contribution in [0.1, 0.15) is 79.5 Å². The SMILES string of the molecule is CN(CC1CCC(n2cc(NC(=O)c3cnn4ccc(N5CCSCC5)nc34)c(C(F)F)n2)CC1)C1CCN(c2cccc3c2n(C)c(=O)n3C2CCC(=O)NC2=O)CC1(F)F. The molecule has 3 saturated heterocycles. The van der Waals surface area contributed by atoms with E-state index in [1.165, 1.54) is 30.7 Å². The van der Waals surface area contributed by atoms with E-state index in [9.17, 15) is 28.0 Å². The van der Waals surface area contributed by atoms with Gasteiger partial charge in [0, 0.05) is 63.5 Å². The number of aromatic nitrogens is 7. The number of benzene rings is 1. The Kier molecular flexibility index (Phi) is 11.3. The van der Waals surface area contributed by atoms with Gasteiger partial charge in [-0.2, -0.15) is 22.0 Å². The maximum atomic E-state index is 16.2. The van der Waals surface area contributed by atoms with Crippen molar-refractivity contribution < 1.29 is 31.9 Å². The molecule has 4 aromatic heterocycles. The van der Waals surface area contributed by atoms with Crippen LogP contribution in [0.4, 0.5) is 34.8 Å². The van der Waals surface area contributed by atoms with Crippen molar-refractivity contribution >= 4 is 63.4 Å². The van der Waals surface area contributed by atoms with E-state index in [-0.39, 0.29) is 42.5 Å². The number of nitrogens with zero attached hydrogens (tertiary/aromatic N) is 10. The Balaban J connectivity index is 0.828. The minimum absolute atomic E-state index is 0.0886. The molecule has 3 amide bonds. The number of thioether (sulfide) groups is 1. The summed E-state index contributed by atoms with van der Waals surface area (Å²) in [5, 5.41) is 13.4. The fraction of sp³-hybridized carbons (Fsp3) is 0.537. The van der Waals surface area contributed by atoms with E-state index < -0.39 is 60.1 Å². The van der Waals surface area contributed by atoms with E-state index in [1.54, 1.807) is 48.3 Å². The fourth-order valence-corrected chi connectivity index (χ4v) is 10.6. The zero-order chi connectivity index (χ0) is 43.4. The molecule has 1 aliphatic carbocycles. The van der Waals surface area contributed by atoms with Gasteiger partial charge in [-0.25, -0.2) is 31.9 Å². The minimum Gasteiger partial charge on any atom is -0.364 e. The fourth-order valence-electron chi connectivity index (χ4n) is 9.73. The summed E-state index contributed by atoms with van der Waals surface area (Å²) in [5.41, 5.74) is 0.733. The molecule has 3 aliphatic heterocycles. The molecule has 16 nitrogen and oxygen atoms in total. The number of carbonyl (C=O) groups is 3. The Labute approximate surface area is 357 Å². The molecule has 0 bridgehead atoms. The largest absolute Gasteiger partial charge is 0.364 e. The molecule has 0 spiro atoms. The second kappa shape index (κ2) is 16.7. The van der Waals surface area contributed by atoms with Crippen LogP contribution < -0.4 is 26.1 Å². The highest BCUT2D eigenvalue weighted by molar-refractivity contribution is 7.99. The number of hydrogen-bond donors (Lipinski definition) is 2. The zero-order valence-electron chi connectivity index (χ0n) is 34.4. The van der Waals surface area contributed by atoms with Crippen molar-refractivity contribution in [3.05, 3.63) is 64.6 Å². The highest BCUT2D eigenvalue weighted by Gasteiger charge is 2.47. The Morgan fingerprint density at radius 2 is 1.81 bits per heavy atom. The summed E-state index contributed by atoms with van der Waals surface area (Å²) >= 11 is 1.87. The molecule has 1 saturated carbocycles. The molecule has 1 aromatic carbocycles. The molecule has 5 aromatic rings. The number of alkyl halides is 4. The molecule has 62 heavy (non-hydrogen) atoms. The lowest BCUT2D eigenvalue weighted by Gasteiger charge is -2.44. The van der Waals surface area contributed by atoms with Crippen LogP contribution in [-0.4, -0.2) is 119 Å². The van der Waals surface area contributed by atoms with Gasteiger partial charge in [0.1, 0.15) is 17.4 Å². The third kappa shape index (κ3) is 7.81. The van der Waals surface area contributed by atoms with Crippen molar-refractivity contribution in [2.75, 3.05) is 66.4 Å². The predicted molar refractivity (Wildman–Crippen MR) is 225 cm³/mol. The summed E-state index contributed by atoms with van der Waals surface area (Å²) in [7, 11) is 3.27. The molecule has 7 heterocycles. The first kappa shape index (κ1) is 41.9. The summed E-state index contributed by atoms with van der Waals surface area (Å²) in [6, 6.07) is 4.79. The first-order valence-electron chi connectivity index (χ1n) is 21.0. The molecular formula is C41H48F4N12O4S. The number of rotatable bonds is 10. The summed E-state index contributed by atoms with van der Waals surface area (Å²) in [6.45, 7) is 1.83. The second-order valence-electron chi connectivity index (χ2n) is 16.8.